The lowest BCUT2D eigenvalue weighted by Crippen LogP contribution is -3.14. The van der Waals surface area contributed by atoms with Crippen molar-refractivity contribution in [3.05, 3.63) is 30.3 Å². The molecule has 2 N–H and O–H groups in total. The number of rotatable bonds is 8. The lowest BCUT2D eigenvalue weighted by molar-refractivity contribution is -0.908. The fourth-order valence-electron chi connectivity index (χ4n) is 2.56. The van der Waals surface area contributed by atoms with Gasteiger partial charge in [0.05, 0.1) is 19.8 Å². The monoisotopic (exact) mass is 307 g/mol. The van der Waals surface area contributed by atoms with Crippen LogP contribution in [0.2, 0.25) is 0 Å². The van der Waals surface area contributed by atoms with Crippen molar-refractivity contribution in [1.82, 2.24) is 5.32 Å². The first-order valence-electron chi connectivity index (χ1n) is 8.20. The molecular formula is C17H27N2O3+. The smallest absolute Gasteiger partial charge is 0.261 e. The summed E-state index contributed by atoms with van der Waals surface area (Å²) < 4.78 is 11.1. The SMILES string of the molecule is CC[C@H](Oc1ccccc1)C(=O)NCCC[NH+]1CCOCC1. The molecule has 0 bridgehead atoms. The minimum absolute atomic E-state index is 0.0247. The van der Waals surface area contributed by atoms with Crippen LogP contribution < -0.4 is 15.0 Å². The summed E-state index contributed by atoms with van der Waals surface area (Å²) in [7, 11) is 0. The van der Waals surface area contributed by atoms with Crippen molar-refractivity contribution < 1.29 is 19.2 Å². The number of hydrogen-bond donors (Lipinski definition) is 2. The van der Waals surface area contributed by atoms with Crippen LogP contribution in [0, 0.1) is 0 Å². The summed E-state index contributed by atoms with van der Waals surface area (Å²) >= 11 is 0. The van der Waals surface area contributed by atoms with E-state index >= 15 is 0 Å². The molecule has 1 amide bonds. The highest BCUT2D eigenvalue weighted by Gasteiger charge is 2.18. The third-order valence-corrected chi connectivity index (χ3v) is 3.89. The minimum atomic E-state index is -0.418. The molecule has 5 nitrogen and oxygen atoms in total. The van der Waals surface area contributed by atoms with Crippen LogP contribution in [-0.4, -0.2) is 51.4 Å². The number of amides is 1. The van der Waals surface area contributed by atoms with Crippen molar-refractivity contribution in [2.24, 2.45) is 0 Å². The first-order valence-corrected chi connectivity index (χ1v) is 8.20. The Morgan fingerprint density at radius 2 is 2.05 bits per heavy atom. The number of ether oxygens (including phenoxy) is 2. The van der Waals surface area contributed by atoms with Crippen LogP contribution in [0.3, 0.4) is 0 Å². The predicted octanol–water partition coefficient (Wildman–Crippen LogP) is 0.265. The van der Waals surface area contributed by atoms with E-state index in [1.165, 1.54) is 0 Å². The minimum Gasteiger partial charge on any atom is -0.481 e. The molecule has 1 saturated heterocycles. The maximum Gasteiger partial charge on any atom is 0.261 e. The summed E-state index contributed by atoms with van der Waals surface area (Å²) in [5.74, 6) is 0.714. The lowest BCUT2D eigenvalue weighted by atomic mass is 10.2. The van der Waals surface area contributed by atoms with E-state index in [4.69, 9.17) is 9.47 Å². The van der Waals surface area contributed by atoms with E-state index in [0.717, 1.165) is 45.0 Å². The van der Waals surface area contributed by atoms with E-state index in [0.29, 0.717) is 13.0 Å². The van der Waals surface area contributed by atoms with Gasteiger partial charge < -0.3 is 19.7 Å². The highest BCUT2D eigenvalue weighted by atomic mass is 16.5. The fraction of sp³-hybridized carbons (Fsp3) is 0.588. The predicted molar refractivity (Wildman–Crippen MR) is 85.2 cm³/mol. The van der Waals surface area contributed by atoms with E-state index in [2.05, 4.69) is 5.32 Å². The molecule has 2 rings (SSSR count). The number of para-hydroxylation sites is 1. The standard InChI is InChI=1S/C17H26N2O3/c1-2-16(22-15-7-4-3-5-8-15)17(20)18-9-6-10-19-11-13-21-14-12-19/h3-5,7-8,16H,2,6,9-14H2,1H3,(H,18,20)/p+1/t16-/m0/s1. The average molecular weight is 307 g/mol. The highest BCUT2D eigenvalue weighted by molar-refractivity contribution is 5.81. The molecule has 1 fully saturated rings. The zero-order valence-corrected chi connectivity index (χ0v) is 13.3. The van der Waals surface area contributed by atoms with Gasteiger partial charge in [-0.2, -0.15) is 0 Å². The Morgan fingerprint density at radius 1 is 1.32 bits per heavy atom. The van der Waals surface area contributed by atoms with E-state index < -0.39 is 6.10 Å². The summed E-state index contributed by atoms with van der Waals surface area (Å²) in [6.45, 7) is 7.60. The molecule has 0 aliphatic carbocycles. The second kappa shape index (κ2) is 9.43. The molecule has 0 unspecified atom stereocenters. The second-order valence-electron chi connectivity index (χ2n) is 5.58. The molecule has 5 heteroatoms. The molecule has 1 atom stereocenters. The van der Waals surface area contributed by atoms with E-state index in [-0.39, 0.29) is 5.91 Å². The molecule has 1 aliphatic heterocycles. The van der Waals surface area contributed by atoms with Gasteiger partial charge in [0.15, 0.2) is 6.10 Å². The van der Waals surface area contributed by atoms with Crippen molar-refractivity contribution in [2.75, 3.05) is 39.4 Å². The van der Waals surface area contributed by atoms with Crippen LogP contribution in [0.1, 0.15) is 19.8 Å². The van der Waals surface area contributed by atoms with Crippen molar-refractivity contribution >= 4 is 5.91 Å². The van der Waals surface area contributed by atoms with Crippen LogP contribution in [0.15, 0.2) is 30.3 Å². The fourth-order valence-corrected chi connectivity index (χ4v) is 2.56. The molecule has 0 radical (unpaired) electrons. The Morgan fingerprint density at radius 3 is 2.73 bits per heavy atom. The number of carbonyl (C=O) groups is 1. The van der Waals surface area contributed by atoms with Crippen molar-refractivity contribution in [1.29, 1.82) is 0 Å². The zero-order valence-electron chi connectivity index (χ0n) is 13.3. The molecule has 122 valence electrons. The van der Waals surface area contributed by atoms with Gasteiger partial charge in [0.25, 0.3) is 5.91 Å². The van der Waals surface area contributed by atoms with Gasteiger partial charge in [0.1, 0.15) is 18.8 Å². The Hall–Kier alpha value is -1.59. The van der Waals surface area contributed by atoms with Crippen LogP contribution >= 0.6 is 0 Å². The summed E-state index contributed by atoms with van der Waals surface area (Å²) in [5, 5.41) is 2.98. The van der Waals surface area contributed by atoms with Gasteiger partial charge in [-0.1, -0.05) is 25.1 Å². The number of quaternary nitrogens is 1. The molecule has 1 aromatic carbocycles. The first kappa shape index (κ1) is 16.8. The molecule has 1 heterocycles. The maximum absolute atomic E-state index is 12.2. The highest BCUT2D eigenvalue weighted by Crippen LogP contribution is 2.12. The molecule has 1 aliphatic rings. The zero-order chi connectivity index (χ0) is 15.6. The van der Waals surface area contributed by atoms with Crippen LogP contribution in [0.25, 0.3) is 0 Å². The maximum atomic E-state index is 12.2. The van der Waals surface area contributed by atoms with Crippen molar-refractivity contribution in [3.63, 3.8) is 0 Å². The largest absolute Gasteiger partial charge is 0.481 e. The first-order chi connectivity index (χ1) is 10.8. The molecular weight excluding hydrogens is 280 g/mol. The van der Waals surface area contributed by atoms with Gasteiger partial charge in [-0.25, -0.2) is 0 Å². The number of carbonyl (C=O) groups excluding carboxylic acids is 1. The Balaban J connectivity index is 1.66. The van der Waals surface area contributed by atoms with E-state index in [9.17, 15) is 4.79 Å². The summed E-state index contributed by atoms with van der Waals surface area (Å²) in [6, 6.07) is 9.49. The number of nitrogens with one attached hydrogen (secondary N) is 2. The average Bonchev–Trinajstić information content (AvgIpc) is 2.58. The van der Waals surface area contributed by atoms with Gasteiger partial charge >= 0.3 is 0 Å². The Kier molecular flexibility index (Phi) is 7.19. The lowest BCUT2D eigenvalue weighted by Gasteiger charge is -2.23. The van der Waals surface area contributed by atoms with Gasteiger partial charge in [0, 0.05) is 13.0 Å². The molecule has 0 aromatic heterocycles. The molecule has 0 spiro atoms. The summed E-state index contributed by atoms with van der Waals surface area (Å²) in [6.07, 6.45) is 1.23. The van der Waals surface area contributed by atoms with Gasteiger partial charge in [-0.15, -0.1) is 0 Å². The topological polar surface area (TPSA) is 52.0 Å². The molecule has 22 heavy (non-hydrogen) atoms. The van der Waals surface area contributed by atoms with Crippen molar-refractivity contribution in [2.45, 2.75) is 25.9 Å². The summed E-state index contributed by atoms with van der Waals surface area (Å²) in [5.41, 5.74) is 0. The normalized spacial score (nSPS) is 17.0. The Bertz CT molecular complexity index is 433. The van der Waals surface area contributed by atoms with Crippen molar-refractivity contribution in [3.8, 4) is 5.75 Å². The summed E-state index contributed by atoms with van der Waals surface area (Å²) in [4.78, 5) is 13.7. The third kappa shape index (κ3) is 5.66. The number of morpholine rings is 1. The Labute approximate surface area is 132 Å². The van der Waals surface area contributed by atoms with Crippen LogP contribution in [0.4, 0.5) is 0 Å². The molecule has 0 saturated carbocycles. The second-order valence-corrected chi connectivity index (χ2v) is 5.58. The third-order valence-electron chi connectivity index (χ3n) is 3.89. The van der Waals surface area contributed by atoms with Gasteiger partial charge in [0.2, 0.25) is 0 Å². The van der Waals surface area contributed by atoms with Gasteiger partial charge in [-0.3, -0.25) is 4.79 Å². The quantitative estimate of drug-likeness (QED) is 0.678. The number of benzene rings is 1. The van der Waals surface area contributed by atoms with Crippen LogP contribution in [0.5, 0.6) is 5.75 Å². The van der Waals surface area contributed by atoms with Gasteiger partial charge in [-0.05, 0) is 18.6 Å². The van der Waals surface area contributed by atoms with E-state index in [1.54, 1.807) is 4.90 Å². The number of hydrogen-bond acceptors (Lipinski definition) is 3. The van der Waals surface area contributed by atoms with E-state index in [1.807, 2.05) is 37.3 Å². The van der Waals surface area contributed by atoms with Crippen LogP contribution in [-0.2, 0) is 9.53 Å². The molecule has 1 aromatic rings.